The number of nitrogens with two attached hydrogens (primary N) is 1. The lowest BCUT2D eigenvalue weighted by Gasteiger charge is -2.03. The number of fused-ring (bicyclic) bond motifs is 1. The largest absolute Gasteiger partial charge is 0.395 e. The summed E-state index contributed by atoms with van der Waals surface area (Å²) in [4.78, 5) is 8.09. The highest BCUT2D eigenvalue weighted by atomic mass is 16.5. The monoisotopic (exact) mass is 390 g/mol. The molecule has 0 saturated carbocycles. The van der Waals surface area contributed by atoms with Crippen molar-refractivity contribution in [1.82, 2.24) is 24.9 Å². The molecule has 0 aliphatic carbocycles. The lowest BCUT2D eigenvalue weighted by Crippen LogP contribution is -2.04. The minimum Gasteiger partial charge on any atom is -0.395 e. The smallest absolute Gasteiger partial charge is 0.221 e. The Morgan fingerprint density at radius 1 is 1.24 bits per heavy atom. The van der Waals surface area contributed by atoms with Crippen molar-refractivity contribution in [2.45, 2.75) is 19.4 Å². The molecule has 0 saturated heterocycles. The number of rotatable bonds is 4. The summed E-state index contributed by atoms with van der Waals surface area (Å²) in [7, 11) is 0. The average molecular weight is 390 g/mol. The first-order valence-corrected chi connectivity index (χ1v) is 8.86. The van der Waals surface area contributed by atoms with E-state index in [1.54, 1.807) is 29.9 Å². The van der Waals surface area contributed by atoms with E-state index in [-0.39, 0.29) is 19.2 Å². The molecule has 29 heavy (non-hydrogen) atoms. The normalized spacial score (nSPS) is 12.0. The summed E-state index contributed by atoms with van der Waals surface area (Å²) >= 11 is 0. The lowest BCUT2D eigenvalue weighted by molar-refractivity contribution is 0.277. The van der Waals surface area contributed by atoms with Crippen molar-refractivity contribution < 1.29 is 14.7 Å². The number of hydrogen-bond donors (Lipinski definition) is 3. The van der Waals surface area contributed by atoms with E-state index in [1.807, 2.05) is 18.2 Å². The van der Waals surface area contributed by atoms with E-state index in [2.05, 4.69) is 32.1 Å². The van der Waals surface area contributed by atoms with Crippen LogP contribution in [0.25, 0.3) is 16.7 Å². The SMILES string of the molecule is Cc1cc([C@@H](C#Cc2ccc3c(CO)nn(-c4ccnc(N)n4)c3c2)CO)no1. The molecular weight excluding hydrogens is 372 g/mol. The van der Waals surface area contributed by atoms with Gasteiger partial charge in [-0.3, -0.25) is 0 Å². The number of aryl methyl sites for hydroxylation is 1. The van der Waals surface area contributed by atoms with Gasteiger partial charge in [-0.25, -0.2) is 9.67 Å². The molecule has 0 fully saturated rings. The van der Waals surface area contributed by atoms with Crippen LogP contribution in [0, 0.1) is 18.8 Å². The molecule has 9 nitrogen and oxygen atoms in total. The van der Waals surface area contributed by atoms with Gasteiger partial charge in [-0.15, -0.1) is 0 Å². The molecule has 0 aliphatic heterocycles. The molecule has 0 bridgehead atoms. The summed E-state index contributed by atoms with van der Waals surface area (Å²) in [6.07, 6.45) is 1.54. The Morgan fingerprint density at radius 2 is 2.10 bits per heavy atom. The highest BCUT2D eigenvalue weighted by Gasteiger charge is 2.14. The topological polar surface area (TPSA) is 136 Å². The standard InChI is InChI=1S/C20H18N6O3/c1-12-8-16(25-29-12)14(10-27)4-2-13-3-5-15-17(11-28)24-26(18(15)9-13)19-6-7-22-20(21)23-19/h3,5-9,14,27-28H,10-11H2,1H3,(H2,21,22,23)/t14-/m0/s1. The molecule has 146 valence electrons. The van der Waals surface area contributed by atoms with Gasteiger partial charge < -0.3 is 20.5 Å². The number of nitrogen functional groups attached to an aromatic ring is 1. The van der Waals surface area contributed by atoms with Gasteiger partial charge >= 0.3 is 0 Å². The van der Waals surface area contributed by atoms with E-state index in [0.29, 0.717) is 28.5 Å². The summed E-state index contributed by atoms with van der Waals surface area (Å²) in [5.41, 5.74) is 8.22. The van der Waals surface area contributed by atoms with Crippen LogP contribution in [-0.4, -0.2) is 41.7 Å². The Balaban J connectivity index is 1.77. The lowest BCUT2D eigenvalue weighted by atomic mass is 10.1. The second-order valence-electron chi connectivity index (χ2n) is 6.39. The number of benzene rings is 1. The van der Waals surface area contributed by atoms with Crippen LogP contribution in [0.3, 0.4) is 0 Å². The van der Waals surface area contributed by atoms with E-state index >= 15 is 0 Å². The van der Waals surface area contributed by atoms with Gasteiger partial charge in [0.05, 0.1) is 30.3 Å². The fourth-order valence-corrected chi connectivity index (χ4v) is 2.96. The quantitative estimate of drug-likeness (QED) is 0.444. The van der Waals surface area contributed by atoms with Gasteiger partial charge in [-0.1, -0.05) is 17.0 Å². The summed E-state index contributed by atoms with van der Waals surface area (Å²) in [6, 6.07) is 8.94. The Morgan fingerprint density at radius 3 is 2.79 bits per heavy atom. The maximum absolute atomic E-state index is 9.65. The average Bonchev–Trinajstić information content (AvgIpc) is 3.32. The van der Waals surface area contributed by atoms with Gasteiger partial charge in [0, 0.05) is 29.3 Å². The number of aliphatic hydroxyl groups is 2. The molecule has 9 heteroatoms. The van der Waals surface area contributed by atoms with E-state index in [4.69, 9.17) is 10.3 Å². The zero-order valence-electron chi connectivity index (χ0n) is 15.6. The van der Waals surface area contributed by atoms with Crippen molar-refractivity contribution >= 4 is 16.9 Å². The van der Waals surface area contributed by atoms with Gasteiger partial charge in [0.1, 0.15) is 11.5 Å². The van der Waals surface area contributed by atoms with Gasteiger partial charge in [-0.2, -0.15) is 10.1 Å². The molecule has 1 atom stereocenters. The van der Waals surface area contributed by atoms with E-state index in [0.717, 1.165) is 10.9 Å². The Hall–Kier alpha value is -3.74. The third-order valence-electron chi connectivity index (χ3n) is 4.36. The Kier molecular flexibility index (Phi) is 4.95. The molecular formula is C20H18N6O3. The van der Waals surface area contributed by atoms with Crippen molar-refractivity contribution in [2.24, 2.45) is 0 Å². The summed E-state index contributed by atoms with van der Waals surface area (Å²) in [5.74, 6) is 6.90. The fourth-order valence-electron chi connectivity index (χ4n) is 2.96. The van der Waals surface area contributed by atoms with Crippen LogP contribution in [0.15, 0.2) is 41.1 Å². The Labute approximate surface area is 165 Å². The zero-order chi connectivity index (χ0) is 20.4. The minimum atomic E-state index is -0.456. The molecule has 1 aromatic carbocycles. The number of hydrogen-bond acceptors (Lipinski definition) is 8. The molecule has 0 aliphatic rings. The van der Waals surface area contributed by atoms with Crippen LogP contribution < -0.4 is 5.73 Å². The van der Waals surface area contributed by atoms with Crippen molar-refractivity contribution in [3.05, 3.63) is 59.2 Å². The molecule has 3 aromatic heterocycles. The number of anilines is 1. The molecule has 4 rings (SSSR count). The first-order valence-electron chi connectivity index (χ1n) is 8.86. The van der Waals surface area contributed by atoms with Crippen LogP contribution in [0.4, 0.5) is 5.95 Å². The van der Waals surface area contributed by atoms with Crippen LogP contribution in [0.5, 0.6) is 0 Å². The Bertz CT molecular complexity index is 1230. The van der Waals surface area contributed by atoms with Crippen molar-refractivity contribution in [2.75, 3.05) is 12.3 Å². The van der Waals surface area contributed by atoms with Gasteiger partial charge in [0.2, 0.25) is 5.95 Å². The maximum Gasteiger partial charge on any atom is 0.221 e. The second kappa shape index (κ2) is 7.71. The van der Waals surface area contributed by atoms with Crippen LogP contribution in [-0.2, 0) is 6.61 Å². The molecule has 0 amide bonds. The van der Waals surface area contributed by atoms with Gasteiger partial charge in [0.15, 0.2) is 5.82 Å². The minimum absolute atomic E-state index is 0.126. The first kappa shape index (κ1) is 18.6. The number of aromatic nitrogens is 5. The summed E-state index contributed by atoms with van der Waals surface area (Å²) < 4.78 is 6.65. The van der Waals surface area contributed by atoms with Crippen molar-refractivity contribution in [3.8, 4) is 17.7 Å². The van der Waals surface area contributed by atoms with Gasteiger partial charge in [0.25, 0.3) is 0 Å². The third-order valence-corrected chi connectivity index (χ3v) is 4.36. The van der Waals surface area contributed by atoms with Crippen molar-refractivity contribution in [3.63, 3.8) is 0 Å². The van der Waals surface area contributed by atoms with Gasteiger partial charge in [-0.05, 0) is 25.1 Å². The molecule has 4 N–H and O–H groups in total. The van der Waals surface area contributed by atoms with E-state index in [1.165, 1.54) is 0 Å². The highest BCUT2D eigenvalue weighted by molar-refractivity contribution is 5.84. The maximum atomic E-state index is 9.65. The molecule has 3 heterocycles. The number of nitrogens with zero attached hydrogens (tertiary/aromatic N) is 5. The zero-order valence-corrected chi connectivity index (χ0v) is 15.6. The van der Waals surface area contributed by atoms with Crippen molar-refractivity contribution in [1.29, 1.82) is 0 Å². The summed E-state index contributed by atoms with van der Waals surface area (Å²) in [6.45, 7) is 1.40. The highest BCUT2D eigenvalue weighted by Crippen LogP contribution is 2.23. The summed E-state index contributed by atoms with van der Waals surface area (Å²) in [5, 5.41) is 28.4. The molecule has 0 unspecified atom stereocenters. The first-order chi connectivity index (χ1) is 14.1. The molecule has 0 spiro atoms. The van der Waals surface area contributed by atoms with E-state index in [9.17, 15) is 10.2 Å². The van der Waals surface area contributed by atoms with Crippen LogP contribution in [0.2, 0.25) is 0 Å². The van der Waals surface area contributed by atoms with Crippen LogP contribution in [0.1, 0.15) is 28.6 Å². The second-order valence-corrected chi connectivity index (χ2v) is 6.39. The van der Waals surface area contributed by atoms with Crippen LogP contribution >= 0.6 is 0 Å². The predicted octanol–water partition coefficient (Wildman–Crippen LogP) is 1.31. The predicted molar refractivity (Wildman–Crippen MR) is 105 cm³/mol. The number of aliphatic hydroxyl groups excluding tert-OH is 2. The molecule has 4 aromatic rings. The molecule has 0 radical (unpaired) electrons. The van der Waals surface area contributed by atoms with E-state index < -0.39 is 5.92 Å². The third kappa shape index (κ3) is 3.67. The fraction of sp³-hybridized carbons (Fsp3) is 0.200.